The molecule has 0 aliphatic heterocycles. The summed E-state index contributed by atoms with van der Waals surface area (Å²) in [4.78, 5) is 11.1. The molecule has 1 amide bonds. The van der Waals surface area contributed by atoms with E-state index in [1.54, 1.807) is 12.5 Å². The monoisotopic (exact) mass is 197 g/mol. The molecule has 1 N–H and O–H groups in total. The summed E-state index contributed by atoms with van der Waals surface area (Å²) in [5.41, 5.74) is 1.08. The van der Waals surface area contributed by atoms with Gasteiger partial charge in [0.15, 0.2) is 0 Å². The van der Waals surface area contributed by atoms with Crippen LogP contribution in [0.15, 0.2) is 23.0 Å². The molecule has 1 aromatic heterocycles. The lowest BCUT2D eigenvalue weighted by molar-refractivity contribution is -0.125. The van der Waals surface area contributed by atoms with Crippen LogP contribution in [0.4, 0.5) is 0 Å². The quantitative estimate of drug-likeness (QED) is 0.765. The first-order chi connectivity index (χ1) is 6.72. The third kappa shape index (κ3) is 3.62. The van der Waals surface area contributed by atoms with Crippen molar-refractivity contribution in [1.29, 1.82) is 0 Å². The molecule has 0 unspecified atom stereocenters. The average molecular weight is 197 g/mol. The summed E-state index contributed by atoms with van der Waals surface area (Å²) >= 11 is 0. The molecule has 1 aromatic rings. The molecule has 1 heterocycles. The third-order valence-electron chi connectivity index (χ3n) is 1.80. The fraction of sp³-hybridized carbons (Fsp3) is 0.500. The first-order valence-corrected chi connectivity index (χ1v) is 4.51. The van der Waals surface area contributed by atoms with E-state index < -0.39 is 0 Å². The normalized spacial score (nSPS) is 12.4. The van der Waals surface area contributed by atoms with E-state index in [1.165, 1.54) is 7.11 Å². The van der Waals surface area contributed by atoms with Gasteiger partial charge in [-0.3, -0.25) is 4.79 Å². The number of carbonyl (C=O) groups excluding carboxylic acids is 1. The Morgan fingerprint density at radius 2 is 2.50 bits per heavy atom. The van der Waals surface area contributed by atoms with Gasteiger partial charge in [-0.1, -0.05) is 0 Å². The molecule has 0 radical (unpaired) electrons. The summed E-state index contributed by atoms with van der Waals surface area (Å²) in [6.07, 6.45) is 4.07. The molecule has 78 valence electrons. The molecule has 1 atom stereocenters. The summed E-state index contributed by atoms with van der Waals surface area (Å²) in [7, 11) is 1.50. The van der Waals surface area contributed by atoms with Crippen LogP contribution in [0.3, 0.4) is 0 Å². The molecule has 0 saturated heterocycles. The van der Waals surface area contributed by atoms with Crippen molar-refractivity contribution in [3.05, 3.63) is 24.2 Å². The zero-order valence-electron chi connectivity index (χ0n) is 8.45. The van der Waals surface area contributed by atoms with Gasteiger partial charge in [-0.15, -0.1) is 0 Å². The Morgan fingerprint density at radius 1 is 1.71 bits per heavy atom. The van der Waals surface area contributed by atoms with Crippen molar-refractivity contribution in [2.24, 2.45) is 0 Å². The van der Waals surface area contributed by atoms with Crippen LogP contribution in [0.5, 0.6) is 0 Å². The minimum absolute atomic E-state index is 0.0928. The second-order valence-electron chi connectivity index (χ2n) is 3.24. The summed E-state index contributed by atoms with van der Waals surface area (Å²) < 4.78 is 9.64. The predicted octanol–water partition coefficient (Wildman–Crippen LogP) is 0.973. The lowest BCUT2D eigenvalue weighted by atomic mass is 10.1. The smallest absolute Gasteiger partial charge is 0.246 e. The molecular weight excluding hydrogens is 182 g/mol. The molecule has 0 aliphatic carbocycles. The number of carbonyl (C=O) groups is 1. The van der Waals surface area contributed by atoms with Gasteiger partial charge in [-0.25, -0.2) is 0 Å². The summed E-state index contributed by atoms with van der Waals surface area (Å²) in [5, 5.41) is 2.81. The van der Waals surface area contributed by atoms with Crippen molar-refractivity contribution < 1.29 is 13.9 Å². The zero-order valence-corrected chi connectivity index (χ0v) is 8.45. The van der Waals surface area contributed by atoms with E-state index >= 15 is 0 Å². The van der Waals surface area contributed by atoms with Gasteiger partial charge >= 0.3 is 0 Å². The zero-order chi connectivity index (χ0) is 10.4. The number of ether oxygens (including phenoxy) is 1. The molecule has 0 fully saturated rings. The highest BCUT2D eigenvalue weighted by Crippen LogP contribution is 2.03. The minimum atomic E-state index is -0.0940. The molecular formula is C10H15NO3. The summed E-state index contributed by atoms with van der Waals surface area (Å²) in [5.74, 6) is -0.0940. The van der Waals surface area contributed by atoms with Crippen LogP contribution in [0, 0.1) is 0 Å². The van der Waals surface area contributed by atoms with Crippen LogP contribution in [-0.4, -0.2) is 25.7 Å². The lowest BCUT2D eigenvalue weighted by Crippen LogP contribution is -2.36. The first kappa shape index (κ1) is 10.8. The molecule has 0 aliphatic rings. The van der Waals surface area contributed by atoms with Crippen LogP contribution in [-0.2, 0) is 16.0 Å². The minimum Gasteiger partial charge on any atom is -0.472 e. The van der Waals surface area contributed by atoms with Crippen LogP contribution in [0.2, 0.25) is 0 Å². The number of rotatable bonds is 5. The van der Waals surface area contributed by atoms with Gasteiger partial charge in [-0.05, 0) is 25.0 Å². The van der Waals surface area contributed by atoms with E-state index in [2.05, 4.69) is 5.32 Å². The van der Waals surface area contributed by atoms with Crippen molar-refractivity contribution in [2.75, 3.05) is 13.7 Å². The Kier molecular flexibility index (Phi) is 4.19. The number of nitrogens with one attached hydrogen (secondary N) is 1. The van der Waals surface area contributed by atoms with Gasteiger partial charge in [-0.2, -0.15) is 0 Å². The molecule has 14 heavy (non-hydrogen) atoms. The Bertz CT molecular complexity index is 269. The van der Waals surface area contributed by atoms with E-state index in [0.717, 1.165) is 12.0 Å². The number of amides is 1. The molecule has 4 nitrogen and oxygen atoms in total. The van der Waals surface area contributed by atoms with Crippen molar-refractivity contribution in [3.8, 4) is 0 Å². The van der Waals surface area contributed by atoms with E-state index in [1.807, 2.05) is 13.0 Å². The fourth-order valence-electron chi connectivity index (χ4n) is 1.26. The fourth-order valence-corrected chi connectivity index (χ4v) is 1.26. The highest BCUT2D eigenvalue weighted by Gasteiger charge is 2.07. The van der Waals surface area contributed by atoms with Crippen LogP contribution in [0.25, 0.3) is 0 Å². The molecule has 0 aromatic carbocycles. The van der Waals surface area contributed by atoms with Crippen LogP contribution >= 0.6 is 0 Å². The molecule has 0 saturated carbocycles. The maximum absolute atomic E-state index is 11.1. The van der Waals surface area contributed by atoms with Crippen LogP contribution < -0.4 is 5.32 Å². The predicted molar refractivity (Wildman–Crippen MR) is 51.9 cm³/mol. The maximum atomic E-state index is 11.1. The van der Waals surface area contributed by atoms with Gasteiger partial charge in [0.2, 0.25) is 5.91 Å². The van der Waals surface area contributed by atoms with Crippen LogP contribution in [0.1, 0.15) is 12.5 Å². The van der Waals surface area contributed by atoms with Gasteiger partial charge in [0.05, 0.1) is 12.5 Å². The Morgan fingerprint density at radius 3 is 3.07 bits per heavy atom. The van der Waals surface area contributed by atoms with Gasteiger partial charge in [0, 0.05) is 13.2 Å². The summed E-state index contributed by atoms with van der Waals surface area (Å²) in [6, 6.07) is 1.98. The van der Waals surface area contributed by atoms with E-state index in [0.29, 0.717) is 0 Å². The molecule has 0 bridgehead atoms. The third-order valence-corrected chi connectivity index (χ3v) is 1.80. The summed E-state index contributed by atoms with van der Waals surface area (Å²) in [6.45, 7) is 2.05. The SMILES string of the molecule is COCC(=O)N[C@@H](C)Cc1ccoc1. The number of hydrogen-bond acceptors (Lipinski definition) is 3. The molecule has 0 spiro atoms. The lowest BCUT2D eigenvalue weighted by Gasteiger charge is -2.11. The number of methoxy groups -OCH3 is 1. The number of furan rings is 1. The highest BCUT2D eigenvalue weighted by molar-refractivity contribution is 5.77. The molecule has 1 rings (SSSR count). The first-order valence-electron chi connectivity index (χ1n) is 4.51. The molecule has 4 heteroatoms. The van der Waals surface area contributed by atoms with Crippen molar-refractivity contribution in [1.82, 2.24) is 5.32 Å². The van der Waals surface area contributed by atoms with E-state index in [-0.39, 0.29) is 18.6 Å². The van der Waals surface area contributed by atoms with Crippen molar-refractivity contribution in [2.45, 2.75) is 19.4 Å². The number of hydrogen-bond donors (Lipinski definition) is 1. The Balaban J connectivity index is 2.29. The van der Waals surface area contributed by atoms with Gasteiger partial charge in [0.25, 0.3) is 0 Å². The standard InChI is InChI=1S/C10H15NO3/c1-8(11-10(12)7-13-2)5-9-3-4-14-6-9/h3-4,6,8H,5,7H2,1-2H3,(H,11,12)/t8-/m0/s1. The van der Waals surface area contributed by atoms with Gasteiger partial charge < -0.3 is 14.5 Å². The Hall–Kier alpha value is -1.29. The maximum Gasteiger partial charge on any atom is 0.246 e. The van der Waals surface area contributed by atoms with E-state index in [9.17, 15) is 4.79 Å². The van der Waals surface area contributed by atoms with Crippen molar-refractivity contribution in [3.63, 3.8) is 0 Å². The second-order valence-corrected chi connectivity index (χ2v) is 3.24. The highest BCUT2D eigenvalue weighted by atomic mass is 16.5. The average Bonchev–Trinajstić information content (AvgIpc) is 2.56. The van der Waals surface area contributed by atoms with Gasteiger partial charge in [0.1, 0.15) is 6.61 Å². The Labute approximate surface area is 83.2 Å². The van der Waals surface area contributed by atoms with E-state index in [4.69, 9.17) is 9.15 Å². The second kappa shape index (κ2) is 5.44. The van der Waals surface area contributed by atoms with Crippen molar-refractivity contribution >= 4 is 5.91 Å². The largest absolute Gasteiger partial charge is 0.472 e. The topological polar surface area (TPSA) is 51.5 Å².